The van der Waals surface area contributed by atoms with Gasteiger partial charge in [-0.25, -0.2) is 0 Å². The molecule has 0 spiro atoms. The maximum Gasteiger partial charge on any atom is 0.251 e. The number of amides is 2. The molecule has 178 valence electrons. The molecule has 0 unspecified atom stereocenters. The van der Waals surface area contributed by atoms with Crippen molar-refractivity contribution in [3.05, 3.63) is 63.6 Å². The number of carbonyl (C=O) groups excluding carboxylic acids is 2. The maximum absolute atomic E-state index is 13.3. The molecule has 2 saturated carbocycles. The molecular weight excluding hydrogens is 469 g/mol. The van der Waals surface area contributed by atoms with Crippen LogP contribution in [0.2, 0.25) is 10.0 Å². The minimum absolute atomic E-state index is 0.0463. The van der Waals surface area contributed by atoms with E-state index in [1.165, 1.54) is 0 Å². The van der Waals surface area contributed by atoms with Crippen molar-refractivity contribution in [2.24, 2.45) is 0 Å². The third-order valence-corrected chi connectivity index (χ3v) is 8.61. The number of carbonyl (C=O) groups is 2. The molecule has 2 saturated heterocycles. The Balaban J connectivity index is 1.13. The Bertz CT molecular complexity index is 1110. The van der Waals surface area contributed by atoms with Crippen LogP contribution < -0.4 is 15.5 Å². The summed E-state index contributed by atoms with van der Waals surface area (Å²) in [5, 5.41) is 7.73. The molecule has 3 atom stereocenters. The van der Waals surface area contributed by atoms with Gasteiger partial charge in [-0.3, -0.25) is 9.59 Å². The standard InChI is InChI=1S/C27H29Cl2N3O2/c28-18-4-2-17(3-5-18)27(11-12-27)26(34)31-20-14-21-8-9-22(15-20)32(21)24-10-1-16(13-23(24)29)25(33)30-19-6-7-19/h1-5,10,13,19-22H,6-9,11-12,14-15H2,(H,30,33)(H,31,34)/t20-,21+,22-. The van der Waals surface area contributed by atoms with Crippen LogP contribution in [0, 0.1) is 0 Å². The highest BCUT2D eigenvalue weighted by atomic mass is 35.5. The Hall–Kier alpha value is -2.24. The minimum Gasteiger partial charge on any atom is -0.364 e. The first-order chi connectivity index (χ1) is 16.4. The van der Waals surface area contributed by atoms with Gasteiger partial charge < -0.3 is 15.5 Å². The first-order valence-corrected chi connectivity index (χ1v) is 13.1. The van der Waals surface area contributed by atoms with Crippen molar-refractivity contribution in [2.45, 2.75) is 80.9 Å². The van der Waals surface area contributed by atoms with Crippen LogP contribution in [-0.4, -0.2) is 36.0 Å². The number of nitrogens with zero attached hydrogens (tertiary/aromatic N) is 1. The number of piperidine rings is 1. The molecule has 6 rings (SSSR count). The summed E-state index contributed by atoms with van der Waals surface area (Å²) >= 11 is 12.7. The zero-order valence-electron chi connectivity index (χ0n) is 19.0. The predicted octanol–water partition coefficient (Wildman–Crippen LogP) is 5.23. The lowest BCUT2D eigenvalue weighted by atomic mass is 9.92. The highest BCUT2D eigenvalue weighted by Crippen LogP contribution is 2.49. The molecule has 2 bridgehead atoms. The summed E-state index contributed by atoms with van der Waals surface area (Å²) in [4.78, 5) is 28.1. The summed E-state index contributed by atoms with van der Waals surface area (Å²) in [6.07, 6.45) is 7.93. The van der Waals surface area contributed by atoms with E-state index in [4.69, 9.17) is 23.2 Å². The summed E-state index contributed by atoms with van der Waals surface area (Å²) in [6.45, 7) is 0. The highest BCUT2D eigenvalue weighted by molar-refractivity contribution is 6.33. The smallest absolute Gasteiger partial charge is 0.251 e. The fourth-order valence-corrected chi connectivity index (χ4v) is 6.31. The molecule has 2 N–H and O–H groups in total. The number of benzene rings is 2. The average Bonchev–Trinajstić information content (AvgIpc) is 3.73. The van der Waals surface area contributed by atoms with Gasteiger partial charge in [-0.2, -0.15) is 0 Å². The fraction of sp³-hybridized carbons (Fsp3) is 0.481. The second kappa shape index (κ2) is 8.46. The number of halogens is 2. The molecule has 2 aromatic carbocycles. The Kier molecular flexibility index (Phi) is 5.53. The van der Waals surface area contributed by atoms with E-state index in [2.05, 4.69) is 15.5 Å². The van der Waals surface area contributed by atoms with Gasteiger partial charge in [0.2, 0.25) is 5.91 Å². The quantitative estimate of drug-likeness (QED) is 0.573. The van der Waals surface area contributed by atoms with Crippen LogP contribution in [0.25, 0.3) is 0 Å². The lowest BCUT2D eigenvalue weighted by molar-refractivity contribution is -0.124. The molecule has 2 aromatic rings. The topological polar surface area (TPSA) is 61.4 Å². The van der Waals surface area contributed by atoms with Crippen LogP contribution in [0.4, 0.5) is 5.69 Å². The molecule has 5 nitrogen and oxygen atoms in total. The van der Waals surface area contributed by atoms with Gasteiger partial charge in [0.15, 0.2) is 0 Å². The molecule has 2 aliphatic heterocycles. The van der Waals surface area contributed by atoms with Crippen LogP contribution in [0.15, 0.2) is 42.5 Å². The fourth-order valence-electron chi connectivity index (χ4n) is 5.91. The summed E-state index contributed by atoms with van der Waals surface area (Å²) in [6, 6.07) is 14.6. The summed E-state index contributed by atoms with van der Waals surface area (Å²) in [5.41, 5.74) is 2.29. The van der Waals surface area contributed by atoms with Gasteiger partial charge >= 0.3 is 0 Å². The maximum atomic E-state index is 13.3. The Labute approximate surface area is 210 Å². The van der Waals surface area contributed by atoms with Crippen molar-refractivity contribution in [1.82, 2.24) is 10.6 Å². The molecule has 2 heterocycles. The van der Waals surface area contributed by atoms with E-state index >= 15 is 0 Å². The molecule has 4 aliphatic rings. The van der Waals surface area contributed by atoms with Crippen molar-refractivity contribution in [3.8, 4) is 0 Å². The van der Waals surface area contributed by atoms with E-state index in [0.717, 1.165) is 62.6 Å². The SMILES string of the molecule is O=C(NC1CC1)c1ccc(N2[C@@H]3CC[C@H]2C[C@@H](NC(=O)C2(c4ccc(Cl)cc4)CC2)C3)c(Cl)c1. The predicted molar refractivity (Wildman–Crippen MR) is 135 cm³/mol. The molecule has 34 heavy (non-hydrogen) atoms. The van der Waals surface area contributed by atoms with Crippen LogP contribution in [0.3, 0.4) is 0 Å². The number of fused-ring (bicyclic) bond motifs is 2. The largest absolute Gasteiger partial charge is 0.364 e. The van der Waals surface area contributed by atoms with Crippen LogP contribution in [0.5, 0.6) is 0 Å². The normalized spacial score (nSPS) is 26.8. The van der Waals surface area contributed by atoms with Crippen LogP contribution >= 0.6 is 23.2 Å². The van der Waals surface area contributed by atoms with Crippen LogP contribution in [-0.2, 0) is 10.2 Å². The second-order valence-corrected chi connectivity index (χ2v) is 11.3. The number of nitrogens with one attached hydrogen (secondary N) is 2. The summed E-state index contributed by atoms with van der Waals surface area (Å²) < 4.78 is 0. The molecule has 0 aromatic heterocycles. The van der Waals surface area contributed by atoms with Gasteiger partial charge in [0.05, 0.1) is 16.1 Å². The van der Waals surface area contributed by atoms with Crippen molar-refractivity contribution < 1.29 is 9.59 Å². The average molecular weight is 498 g/mol. The van der Waals surface area contributed by atoms with Gasteiger partial charge in [-0.05, 0) is 87.3 Å². The van der Waals surface area contributed by atoms with E-state index in [9.17, 15) is 9.59 Å². The summed E-state index contributed by atoms with van der Waals surface area (Å²) in [7, 11) is 0. The van der Waals surface area contributed by atoms with Gasteiger partial charge in [0.1, 0.15) is 0 Å². The third-order valence-electron chi connectivity index (χ3n) is 8.05. The van der Waals surface area contributed by atoms with E-state index in [1.807, 2.05) is 36.4 Å². The monoisotopic (exact) mass is 497 g/mol. The van der Waals surface area contributed by atoms with Crippen LogP contribution in [0.1, 0.15) is 67.3 Å². The molecule has 4 fully saturated rings. The lowest BCUT2D eigenvalue weighted by Gasteiger charge is -2.41. The zero-order chi connectivity index (χ0) is 23.4. The van der Waals surface area contributed by atoms with Gasteiger partial charge in [-0.1, -0.05) is 35.3 Å². The molecule has 2 aliphatic carbocycles. The number of anilines is 1. The van der Waals surface area contributed by atoms with Gasteiger partial charge in [0, 0.05) is 34.8 Å². The van der Waals surface area contributed by atoms with E-state index in [-0.39, 0.29) is 23.3 Å². The van der Waals surface area contributed by atoms with Crippen molar-refractivity contribution >= 4 is 40.7 Å². The molecule has 0 radical (unpaired) electrons. The second-order valence-electron chi connectivity index (χ2n) is 10.4. The Morgan fingerprint density at radius 1 is 0.853 bits per heavy atom. The zero-order valence-corrected chi connectivity index (χ0v) is 20.5. The van der Waals surface area contributed by atoms with Crippen molar-refractivity contribution in [2.75, 3.05) is 4.90 Å². The number of rotatable bonds is 6. The van der Waals surface area contributed by atoms with Crippen molar-refractivity contribution in [1.29, 1.82) is 0 Å². The first kappa shape index (κ1) is 22.2. The molecule has 2 amide bonds. The molecular formula is C27H29Cl2N3O2. The Morgan fingerprint density at radius 2 is 1.53 bits per heavy atom. The Morgan fingerprint density at radius 3 is 2.12 bits per heavy atom. The minimum atomic E-state index is -0.388. The van der Waals surface area contributed by atoms with E-state index in [1.54, 1.807) is 6.07 Å². The first-order valence-electron chi connectivity index (χ1n) is 12.4. The van der Waals surface area contributed by atoms with E-state index < -0.39 is 0 Å². The highest BCUT2D eigenvalue weighted by Gasteiger charge is 2.52. The number of hydrogen-bond donors (Lipinski definition) is 2. The van der Waals surface area contributed by atoms with Gasteiger partial charge in [-0.15, -0.1) is 0 Å². The lowest BCUT2D eigenvalue weighted by Crippen LogP contribution is -2.52. The third kappa shape index (κ3) is 4.07. The van der Waals surface area contributed by atoms with Gasteiger partial charge in [0.25, 0.3) is 5.91 Å². The number of hydrogen-bond acceptors (Lipinski definition) is 3. The van der Waals surface area contributed by atoms with Crippen molar-refractivity contribution in [3.63, 3.8) is 0 Å². The summed E-state index contributed by atoms with van der Waals surface area (Å²) in [5.74, 6) is 0.103. The van der Waals surface area contributed by atoms with E-state index in [0.29, 0.717) is 33.7 Å². The molecule has 7 heteroatoms.